The van der Waals surface area contributed by atoms with Gasteiger partial charge in [-0.15, -0.1) is 10.2 Å². The monoisotopic (exact) mass is 476 g/mol. The Labute approximate surface area is 193 Å². The van der Waals surface area contributed by atoms with E-state index in [1.165, 1.54) is 12.1 Å². The van der Waals surface area contributed by atoms with Gasteiger partial charge in [0.05, 0.1) is 16.3 Å². The van der Waals surface area contributed by atoms with E-state index in [1.807, 2.05) is 35.2 Å². The quantitative estimate of drug-likeness (QED) is 0.541. The van der Waals surface area contributed by atoms with Gasteiger partial charge in [0.2, 0.25) is 0 Å². The average Bonchev–Trinajstić information content (AvgIpc) is 2.83. The van der Waals surface area contributed by atoms with Gasteiger partial charge < -0.3 is 14.5 Å². The number of piperazine rings is 1. The Bertz CT molecular complexity index is 1120. The molecule has 0 aliphatic carbocycles. The van der Waals surface area contributed by atoms with Crippen molar-refractivity contribution in [3.05, 3.63) is 71.2 Å². The highest BCUT2D eigenvalue weighted by Crippen LogP contribution is 2.31. The zero-order chi connectivity index (χ0) is 23.4. The third-order valence-electron chi connectivity index (χ3n) is 5.28. The van der Waals surface area contributed by atoms with Gasteiger partial charge in [0.25, 0.3) is 5.91 Å². The maximum absolute atomic E-state index is 12.8. The molecule has 2 aromatic carbocycles. The van der Waals surface area contributed by atoms with E-state index in [2.05, 4.69) is 10.2 Å². The first kappa shape index (κ1) is 22.8. The predicted molar refractivity (Wildman–Crippen MR) is 118 cm³/mol. The van der Waals surface area contributed by atoms with Gasteiger partial charge in [-0.2, -0.15) is 13.2 Å². The molecule has 0 unspecified atom stereocenters. The molecule has 10 heteroatoms. The molecule has 0 bridgehead atoms. The second-order valence-corrected chi connectivity index (χ2v) is 7.85. The summed E-state index contributed by atoms with van der Waals surface area (Å²) in [7, 11) is 0. The number of ether oxygens (including phenoxy) is 1. The summed E-state index contributed by atoms with van der Waals surface area (Å²) in [6.07, 6.45) is -4.46. The van der Waals surface area contributed by atoms with Crippen LogP contribution in [0.3, 0.4) is 0 Å². The van der Waals surface area contributed by atoms with Crippen LogP contribution in [0.15, 0.2) is 60.7 Å². The fraction of sp³-hybridized carbons (Fsp3) is 0.261. The van der Waals surface area contributed by atoms with Crippen LogP contribution < -0.4 is 9.64 Å². The Morgan fingerprint density at radius 3 is 2.39 bits per heavy atom. The van der Waals surface area contributed by atoms with Crippen molar-refractivity contribution in [3.8, 4) is 17.0 Å². The van der Waals surface area contributed by atoms with Crippen LogP contribution in [0.25, 0.3) is 11.3 Å². The van der Waals surface area contributed by atoms with Gasteiger partial charge in [-0.05, 0) is 36.4 Å². The first-order valence-electron chi connectivity index (χ1n) is 10.2. The Balaban J connectivity index is 1.30. The van der Waals surface area contributed by atoms with Crippen molar-refractivity contribution < 1.29 is 22.7 Å². The SMILES string of the molecule is O=C(COc1cccc(C(F)(F)F)c1)N1CCN(c2ccc(-c3ccccc3Cl)nn2)CC1. The smallest absolute Gasteiger partial charge is 0.416 e. The zero-order valence-electron chi connectivity index (χ0n) is 17.4. The van der Waals surface area contributed by atoms with Gasteiger partial charge in [0.15, 0.2) is 12.4 Å². The molecule has 0 radical (unpaired) electrons. The molecule has 3 aromatic rings. The number of nitrogens with zero attached hydrogens (tertiary/aromatic N) is 4. The summed E-state index contributed by atoms with van der Waals surface area (Å²) in [4.78, 5) is 16.1. The van der Waals surface area contributed by atoms with Crippen LogP contribution in [-0.4, -0.2) is 53.8 Å². The van der Waals surface area contributed by atoms with Crippen LogP contribution in [-0.2, 0) is 11.0 Å². The molecule has 172 valence electrons. The Hall–Kier alpha value is -3.33. The molecule has 6 nitrogen and oxygen atoms in total. The van der Waals surface area contributed by atoms with Crippen LogP contribution in [0.4, 0.5) is 19.0 Å². The van der Waals surface area contributed by atoms with Gasteiger partial charge in [0.1, 0.15) is 5.75 Å². The normalized spacial score (nSPS) is 14.3. The van der Waals surface area contributed by atoms with Gasteiger partial charge in [-0.25, -0.2) is 0 Å². The number of aromatic nitrogens is 2. The van der Waals surface area contributed by atoms with Crippen LogP contribution in [0.5, 0.6) is 5.75 Å². The molecule has 0 N–H and O–H groups in total. The zero-order valence-corrected chi connectivity index (χ0v) is 18.2. The maximum atomic E-state index is 12.8. The minimum Gasteiger partial charge on any atom is -0.484 e. The Kier molecular flexibility index (Phi) is 6.69. The average molecular weight is 477 g/mol. The number of hydrogen-bond donors (Lipinski definition) is 0. The lowest BCUT2D eigenvalue weighted by Crippen LogP contribution is -2.50. The van der Waals surface area contributed by atoms with E-state index in [4.69, 9.17) is 16.3 Å². The Morgan fingerprint density at radius 2 is 1.73 bits per heavy atom. The van der Waals surface area contributed by atoms with Crippen LogP contribution in [0, 0.1) is 0 Å². The summed E-state index contributed by atoms with van der Waals surface area (Å²) in [5, 5.41) is 9.16. The first-order chi connectivity index (χ1) is 15.8. The van der Waals surface area contributed by atoms with E-state index < -0.39 is 11.7 Å². The van der Waals surface area contributed by atoms with Crippen molar-refractivity contribution in [1.82, 2.24) is 15.1 Å². The minimum absolute atomic E-state index is 0.00527. The number of hydrogen-bond acceptors (Lipinski definition) is 5. The second-order valence-electron chi connectivity index (χ2n) is 7.44. The third-order valence-corrected chi connectivity index (χ3v) is 5.61. The molecule has 1 amide bonds. The van der Waals surface area contributed by atoms with Gasteiger partial charge >= 0.3 is 6.18 Å². The third kappa shape index (κ3) is 5.54. The molecule has 1 fully saturated rings. The van der Waals surface area contributed by atoms with Crippen molar-refractivity contribution in [3.63, 3.8) is 0 Å². The van der Waals surface area contributed by atoms with E-state index in [0.717, 1.165) is 17.7 Å². The van der Waals surface area contributed by atoms with Crippen molar-refractivity contribution in [2.45, 2.75) is 6.18 Å². The molecule has 0 spiro atoms. The summed E-state index contributed by atoms with van der Waals surface area (Å²) in [6.45, 7) is 1.66. The Morgan fingerprint density at radius 1 is 0.970 bits per heavy atom. The van der Waals surface area contributed by atoms with E-state index >= 15 is 0 Å². The van der Waals surface area contributed by atoms with Crippen LogP contribution in [0.2, 0.25) is 5.02 Å². The largest absolute Gasteiger partial charge is 0.484 e. The summed E-state index contributed by atoms with van der Waals surface area (Å²) in [5.74, 6) is 0.413. The molecule has 1 aliphatic rings. The summed E-state index contributed by atoms with van der Waals surface area (Å²) < 4.78 is 43.7. The molecular formula is C23H20ClF3N4O2. The number of carbonyl (C=O) groups is 1. The standard InChI is InChI=1S/C23H20ClF3N4O2/c24-19-7-2-1-6-18(19)20-8-9-21(29-28-20)30-10-12-31(13-11-30)22(32)15-33-17-5-3-4-16(14-17)23(25,26)27/h1-9,14H,10-13,15H2. The molecule has 2 heterocycles. The minimum atomic E-state index is -4.46. The fourth-order valence-electron chi connectivity index (χ4n) is 3.49. The van der Waals surface area contributed by atoms with E-state index in [9.17, 15) is 18.0 Å². The highest BCUT2D eigenvalue weighted by atomic mass is 35.5. The molecule has 1 saturated heterocycles. The lowest BCUT2D eigenvalue weighted by atomic mass is 10.1. The lowest BCUT2D eigenvalue weighted by Gasteiger charge is -2.35. The van der Waals surface area contributed by atoms with Crippen molar-refractivity contribution in [2.24, 2.45) is 0 Å². The topological polar surface area (TPSA) is 58.6 Å². The fourth-order valence-corrected chi connectivity index (χ4v) is 3.72. The number of rotatable bonds is 5. The number of alkyl halides is 3. The molecule has 33 heavy (non-hydrogen) atoms. The van der Waals surface area contributed by atoms with Crippen molar-refractivity contribution in [2.75, 3.05) is 37.7 Å². The summed E-state index contributed by atoms with van der Waals surface area (Å²) in [6, 6.07) is 15.6. The van der Waals surface area contributed by atoms with Gasteiger partial charge in [0, 0.05) is 31.7 Å². The van der Waals surface area contributed by atoms with Crippen molar-refractivity contribution >= 4 is 23.3 Å². The van der Waals surface area contributed by atoms with Crippen LogP contribution >= 0.6 is 11.6 Å². The van der Waals surface area contributed by atoms with E-state index in [1.54, 1.807) is 11.0 Å². The van der Waals surface area contributed by atoms with Gasteiger partial charge in [-0.1, -0.05) is 35.9 Å². The number of amides is 1. The molecule has 1 aromatic heterocycles. The highest BCUT2D eigenvalue weighted by Gasteiger charge is 2.30. The van der Waals surface area contributed by atoms with Crippen molar-refractivity contribution in [1.29, 1.82) is 0 Å². The van der Waals surface area contributed by atoms with E-state index in [-0.39, 0.29) is 18.3 Å². The molecule has 0 saturated carbocycles. The molecule has 4 rings (SSSR count). The maximum Gasteiger partial charge on any atom is 0.416 e. The lowest BCUT2D eigenvalue weighted by molar-refractivity contribution is -0.137. The summed E-state index contributed by atoms with van der Waals surface area (Å²) >= 11 is 6.21. The number of benzene rings is 2. The molecular weight excluding hydrogens is 457 g/mol. The van der Waals surface area contributed by atoms with Gasteiger partial charge in [-0.3, -0.25) is 4.79 Å². The molecule has 0 atom stereocenters. The highest BCUT2D eigenvalue weighted by molar-refractivity contribution is 6.33. The number of anilines is 1. The second kappa shape index (κ2) is 9.66. The molecule has 1 aliphatic heterocycles. The predicted octanol–water partition coefficient (Wildman–Crippen LogP) is 4.54. The number of halogens is 4. The number of carbonyl (C=O) groups excluding carboxylic acids is 1. The first-order valence-corrected chi connectivity index (χ1v) is 10.6. The summed E-state index contributed by atoms with van der Waals surface area (Å²) in [5.41, 5.74) is 0.655. The van der Waals surface area contributed by atoms with E-state index in [0.29, 0.717) is 42.7 Å². The van der Waals surface area contributed by atoms with Crippen LogP contribution in [0.1, 0.15) is 5.56 Å².